The summed E-state index contributed by atoms with van der Waals surface area (Å²) in [5, 5.41) is 0. The van der Waals surface area contributed by atoms with Gasteiger partial charge in [-0.25, -0.2) is 0 Å². The number of methoxy groups -OCH3 is 1. The molecule has 0 bridgehead atoms. The van der Waals surface area contributed by atoms with E-state index in [0.717, 1.165) is 17.1 Å². The molecule has 0 aliphatic carbocycles. The highest BCUT2D eigenvalue weighted by Crippen LogP contribution is 2.27. The zero-order chi connectivity index (χ0) is 9.68. The molecule has 0 fully saturated rings. The Morgan fingerprint density at radius 3 is 2.69 bits per heavy atom. The van der Waals surface area contributed by atoms with Crippen molar-refractivity contribution in [3.05, 3.63) is 23.8 Å². The molecule has 1 aromatic rings. The van der Waals surface area contributed by atoms with Gasteiger partial charge in [-0.2, -0.15) is 0 Å². The second kappa shape index (κ2) is 4.97. The van der Waals surface area contributed by atoms with Crippen LogP contribution in [0.3, 0.4) is 0 Å². The first kappa shape index (κ1) is 10.2. The summed E-state index contributed by atoms with van der Waals surface area (Å²) in [5.41, 5.74) is 1.15. The molecule has 0 aromatic heterocycles. The Morgan fingerprint density at radius 1 is 1.31 bits per heavy atom. The SMILES string of the molecule is COc1cc(C)ccc1OCCCl. The normalized spacial score (nSPS) is 9.77. The van der Waals surface area contributed by atoms with E-state index >= 15 is 0 Å². The molecule has 0 heterocycles. The number of aryl methyl sites for hydroxylation is 1. The molecule has 0 aliphatic heterocycles. The third kappa shape index (κ3) is 2.81. The van der Waals surface area contributed by atoms with E-state index in [0.29, 0.717) is 12.5 Å². The van der Waals surface area contributed by atoms with E-state index < -0.39 is 0 Å². The van der Waals surface area contributed by atoms with Crippen molar-refractivity contribution in [2.45, 2.75) is 6.92 Å². The lowest BCUT2D eigenvalue weighted by Crippen LogP contribution is -2.00. The highest BCUT2D eigenvalue weighted by molar-refractivity contribution is 6.18. The van der Waals surface area contributed by atoms with Crippen molar-refractivity contribution in [3.8, 4) is 11.5 Å². The first-order chi connectivity index (χ1) is 6.27. The Kier molecular flexibility index (Phi) is 3.90. The topological polar surface area (TPSA) is 18.5 Å². The zero-order valence-corrected chi connectivity index (χ0v) is 8.60. The smallest absolute Gasteiger partial charge is 0.161 e. The molecule has 2 nitrogen and oxygen atoms in total. The third-order valence-electron chi connectivity index (χ3n) is 1.65. The van der Waals surface area contributed by atoms with Crippen LogP contribution >= 0.6 is 11.6 Å². The fraction of sp³-hybridized carbons (Fsp3) is 0.400. The van der Waals surface area contributed by atoms with Gasteiger partial charge < -0.3 is 9.47 Å². The molecule has 0 spiro atoms. The van der Waals surface area contributed by atoms with Gasteiger partial charge in [-0.15, -0.1) is 11.6 Å². The second-order valence-electron chi connectivity index (χ2n) is 2.69. The summed E-state index contributed by atoms with van der Waals surface area (Å²) in [5.74, 6) is 1.98. The summed E-state index contributed by atoms with van der Waals surface area (Å²) in [6.45, 7) is 2.51. The predicted molar refractivity (Wildman–Crippen MR) is 53.9 cm³/mol. The molecule has 0 atom stereocenters. The van der Waals surface area contributed by atoms with Crippen LogP contribution < -0.4 is 9.47 Å². The highest BCUT2D eigenvalue weighted by Gasteiger charge is 2.02. The van der Waals surface area contributed by atoms with Gasteiger partial charge in [0.05, 0.1) is 13.0 Å². The van der Waals surface area contributed by atoms with Crippen LogP contribution in [0.1, 0.15) is 5.56 Å². The number of rotatable bonds is 4. The van der Waals surface area contributed by atoms with Crippen LogP contribution in [0.2, 0.25) is 0 Å². The van der Waals surface area contributed by atoms with Crippen molar-refractivity contribution in [3.63, 3.8) is 0 Å². The minimum Gasteiger partial charge on any atom is -0.493 e. The fourth-order valence-electron chi connectivity index (χ4n) is 1.04. The Bertz CT molecular complexity index is 274. The molecule has 3 heteroatoms. The second-order valence-corrected chi connectivity index (χ2v) is 3.07. The Labute approximate surface area is 83.4 Å². The number of halogens is 1. The molecule has 1 aromatic carbocycles. The summed E-state index contributed by atoms with van der Waals surface area (Å²) >= 11 is 5.51. The minimum absolute atomic E-state index is 0.483. The van der Waals surface area contributed by atoms with Crippen LogP contribution in [0.15, 0.2) is 18.2 Å². The van der Waals surface area contributed by atoms with Gasteiger partial charge in [-0.1, -0.05) is 6.07 Å². The molecule has 0 saturated heterocycles. The Hall–Kier alpha value is -0.890. The van der Waals surface area contributed by atoms with Crippen molar-refractivity contribution in [1.82, 2.24) is 0 Å². The van der Waals surface area contributed by atoms with Crippen molar-refractivity contribution < 1.29 is 9.47 Å². The molecule has 0 saturated carbocycles. The van der Waals surface area contributed by atoms with Gasteiger partial charge in [0.25, 0.3) is 0 Å². The van der Waals surface area contributed by atoms with Crippen LogP contribution in [-0.2, 0) is 0 Å². The lowest BCUT2D eigenvalue weighted by Gasteiger charge is -2.09. The van der Waals surface area contributed by atoms with Crippen molar-refractivity contribution in [2.75, 3.05) is 19.6 Å². The molecule has 0 unspecified atom stereocenters. The number of hydrogen-bond acceptors (Lipinski definition) is 2. The van der Waals surface area contributed by atoms with Crippen LogP contribution in [-0.4, -0.2) is 19.6 Å². The zero-order valence-electron chi connectivity index (χ0n) is 7.84. The van der Waals surface area contributed by atoms with Gasteiger partial charge in [0.1, 0.15) is 6.61 Å². The summed E-state index contributed by atoms with van der Waals surface area (Å²) in [6.07, 6.45) is 0. The maximum atomic E-state index is 5.51. The van der Waals surface area contributed by atoms with E-state index in [4.69, 9.17) is 21.1 Å². The maximum Gasteiger partial charge on any atom is 0.161 e. The molecule has 0 N–H and O–H groups in total. The van der Waals surface area contributed by atoms with E-state index in [-0.39, 0.29) is 0 Å². The molecule has 72 valence electrons. The largest absolute Gasteiger partial charge is 0.493 e. The predicted octanol–water partition coefficient (Wildman–Crippen LogP) is 2.62. The van der Waals surface area contributed by atoms with E-state index in [1.807, 2.05) is 25.1 Å². The van der Waals surface area contributed by atoms with Crippen molar-refractivity contribution in [1.29, 1.82) is 0 Å². The van der Waals surface area contributed by atoms with Crippen LogP contribution in [0.5, 0.6) is 11.5 Å². The number of benzene rings is 1. The maximum absolute atomic E-state index is 5.51. The standard InChI is InChI=1S/C10H13ClO2/c1-8-3-4-9(13-6-5-11)10(7-8)12-2/h3-4,7H,5-6H2,1-2H3. The number of alkyl halides is 1. The summed E-state index contributed by atoms with van der Waals surface area (Å²) < 4.78 is 10.5. The Balaban J connectivity index is 2.79. The van der Waals surface area contributed by atoms with E-state index in [1.165, 1.54) is 0 Å². The quantitative estimate of drug-likeness (QED) is 0.696. The van der Waals surface area contributed by atoms with E-state index in [1.54, 1.807) is 7.11 Å². The van der Waals surface area contributed by atoms with Crippen molar-refractivity contribution in [2.24, 2.45) is 0 Å². The van der Waals surface area contributed by atoms with Gasteiger partial charge in [-0.05, 0) is 24.6 Å². The lowest BCUT2D eigenvalue weighted by atomic mass is 10.2. The average molecular weight is 201 g/mol. The van der Waals surface area contributed by atoms with Gasteiger partial charge in [0.15, 0.2) is 11.5 Å². The van der Waals surface area contributed by atoms with Gasteiger partial charge in [0.2, 0.25) is 0 Å². The summed E-state index contributed by atoms with van der Waals surface area (Å²) in [7, 11) is 1.63. The summed E-state index contributed by atoms with van der Waals surface area (Å²) in [6, 6.07) is 5.80. The lowest BCUT2D eigenvalue weighted by molar-refractivity contribution is 0.312. The van der Waals surface area contributed by atoms with Crippen LogP contribution in [0, 0.1) is 6.92 Å². The summed E-state index contributed by atoms with van der Waals surface area (Å²) in [4.78, 5) is 0. The van der Waals surface area contributed by atoms with Gasteiger partial charge in [-0.3, -0.25) is 0 Å². The van der Waals surface area contributed by atoms with Gasteiger partial charge in [0, 0.05) is 0 Å². The van der Waals surface area contributed by atoms with E-state index in [2.05, 4.69) is 0 Å². The fourth-order valence-corrected chi connectivity index (χ4v) is 1.12. The third-order valence-corrected chi connectivity index (χ3v) is 1.81. The molecular weight excluding hydrogens is 188 g/mol. The van der Waals surface area contributed by atoms with Gasteiger partial charge >= 0.3 is 0 Å². The molecule has 0 radical (unpaired) electrons. The van der Waals surface area contributed by atoms with Crippen LogP contribution in [0.25, 0.3) is 0 Å². The van der Waals surface area contributed by atoms with Crippen molar-refractivity contribution >= 4 is 11.6 Å². The molecular formula is C10H13ClO2. The molecule has 1 rings (SSSR count). The molecule has 0 amide bonds. The van der Waals surface area contributed by atoms with E-state index in [9.17, 15) is 0 Å². The highest BCUT2D eigenvalue weighted by atomic mass is 35.5. The average Bonchev–Trinajstić information content (AvgIpc) is 2.16. The number of hydrogen-bond donors (Lipinski definition) is 0. The first-order valence-corrected chi connectivity index (χ1v) is 4.64. The molecule has 0 aliphatic rings. The first-order valence-electron chi connectivity index (χ1n) is 4.11. The molecule has 13 heavy (non-hydrogen) atoms. The Morgan fingerprint density at radius 2 is 2.08 bits per heavy atom. The monoisotopic (exact) mass is 200 g/mol. The minimum atomic E-state index is 0.483. The van der Waals surface area contributed by atoms with Crippen LogP contribution in [0.4, 0.5) is 0 Å². The number of ether oxygens (including phenoxy) is 2.